The van der Waals surface area contributed by atoms with Gasteiger partial charge in [-0.3, -0.25) is 4.79 Å². The van der Waals surface area contributed by atoms with Crippen molar-refractivity contribution < 1.29 is 4.79 Å². The zero-order valence-corrected chi connectivity index (χ0v) is 12.1. The molecular formula is C15H19N3O2. The third-order valence-electron chi connectivity index (χ3n) is 4.48. The minimum absolute atomic E-state index is 0.0130. The summed E-state index contributed by atoms with van der Waals surface area (Å²) in [6.07, 6.45) is 3.60. The van der Waals surface area contributed by atoms with E-state index in [0.717, 1.165) is 11.1 Å². The predicted molar refractivity (Wildman–Crippen MR) is 76.5 cm³/mol. The number of hydrogen-bond donors (Lipinski definition) is 1. The van der Waals surface area contributed by atoms with Gasteiger partial charge in [-0.1, -0.05) is 32.0 Å². The van der Waals surface area contributed by atoms with Crippen LogP contribution in [-0.4, -0.2) is 16.9 Å². The van der Waals surface area contributed by atoms with Crippen molar-refractivity contribution in [3.05, 3.63) is 28.3 Å². The second-order valence-corrected chi connectivity index (χ2v) is 7.06. The van der Waals surface area contributed by atoms with Crippen LogP contribution in [0.2, 0.25) is 0 Å². The molecule has 1 N–H and O–H groups in total. The molecule has 2 aliphatic rings. The lowest BCUT2D eigenvalue weighted by Crippen LogP contribution is -2.52. The molecule has 0 atom stereocenters. The third-order valence-corrected chi connectivity index (χ3v) is 4.48. The maximum Gasteiger partial charge on any atom is 0.232 e. The van der Waals surface area contributed by atoms with Gasteiger partial charge in [0.25, 0.3) is 0 Å². The van der Waals surface area contributed by atoms with E-state index in [9.17, 15) is 9.70 Å². The average Bonchev–Trinajstić information content (AvgIpc) is 2.33. The van der Waals surface area contributed by atoms with E-state index < -0.39 is 5.41 Å². The number of anilines is 1. The lowest BCUT2D eigenvalue weighted by atomic mass is 9.61. The molecular weight excluding hydrogens is 254 g/mol. The van der Waals surface area contributed by atoms with Crippen molar-refractivity contribution >= 4 is 11.7 Å². The van der Waals surface area contributed by atoms with Crippen molar-refractivity contribution in [2.75, 3.05) is 5.32 Å². The van der Waals surface area contributed by atoms with Gasteiger partial charge >= 0.3 is 0 Å². The Bertz CT molecular complexity index is 583. The quantitative estimate of drug-likeness (QED) is 0.800. The Hall–Kier alpha value is -1.78. The highest BCUT2D eigenvalue weighted by molar-refractivity contribution is 5.98. The van der Waals surface area contributed by atoms with Gasteiger partial charge in [-0.05, 0) is 35.8 Å². The number of hydrogen-bond acceptors (Lipinski definition) is 4. The van der Waals surface area contributed by atoms with Gasteiger partial charge in [-0.15, -0.1) is 0 Å². The minimum Gasteiger partial charge on any atom is -0.310 e. The predicted octanol–water partition coefficient (Wildman–Crippen LogP) is 2.79. The van der Waals surface area contributed by atoms with Crippen molar-refractivity contribution in [1.29, 1.82) is 0 Å². The van der Waals surface area contributed by atoms with Crippen LogP contribution in [0.5, 0.6) is 0 Å². The van der Waals surface area contributed by atoms with Crippen molar-refractivity contribution in [2.45, 2.75) is 51.5 Å². The summed E-state index contributed by atoms with van der Waals surface area (Å²) in [5.74, 6) is 0.650. The largest absolute Gasteiger partial charge is 0.310 e. The average molecular weight is 273 g/mol. The summed E-state index contributed by atoms with van der Waals surface area (Å²) in [7, 11) is 0. The number of rotatable bonds is 1. The smallest absolute Gasteiger partial charge is 0.232 e. The SMILES string of the molecule is CC(C)(C)c1cnc2c(c1)CC1(CC(N=O)C1)C(=O)N2. The summed E-state index contributed by atoms with van der Waals surface area (Å²) in [4.78, 5) is 27.1. The Morgan fingerprint density at radius 3 is 2.70 bits per heavy atom. The summed E-state index contributed by atoms with van der Waals surface area (Å²) in [6, 6.07) is 1.92. The monoisotopic (exact) mass is 273 g/mol. The van der Waals surface area contributed by atoms with Gasteiger partial charge in [0.15, 0.2) is 0 Å². The first-order valence-corrected chi connectivity index (χ1v) is 6.97. The van der Waals surface area contributed by atoms with E-state index in [1.165, 1.54) is 0 Å². The summed E-state index contributed by atoms with van der Waals surface area (Å²) in [5, 5.41) is 5.93. The van der Waals surface area contributed by atoms with Crippen LogP contribution >= 0.6 is 0 Å². The number of fused-ring (bicyclic) bond motifs is 1. The first-order chi connectivity index (χ1) is 9.34. The van der Waals surface area contributed by atoms with Crippen molar-refractivity contribution in [3.8, 4) is 0 Å². The van der Waals surface area contributed by atoms with E-state index in [-0.39, 0.29) is 17.4 Å². The van der Waals surface area contributed by atoms with Gasteiger partial charge in [-0.25, -0.2) is 4.98 Å². The van der Waals surface area contributed by atoms with Crippen LogP contribution < -0.4 is 5.32 Å². The van der Waals surface area contributed by atoms with Gasteiger partial charge < -0.3 is 5.32 Å². The molecule has 0 saturated heterocycles. The van der Waals surface area contributed by atoms with Crippen LogP contribution in [0.4, 0.5) is 5.82 Å². The number of carbonyl (C=O) groups is 1. The fourth-order valence-corrected chi connectivity index (χ4v) is 3.10. The molecule has 1 aliphatic carbocycles. The van der Waals surface area contributed by atoms with Gasteiger partial charge in [0.2, 0.25) is 5.91 Å². The van der Waals surface area contributed by atoms with E-state index in [2.05, 4.69) is 42.3 Å². The summed E-state index contributed by atoms with van der Waals surface area (Å²) in [5.41, 5.74) is 1.82. The Morgan fingerprint density at radius 1 is 1.40 bits per heavy atom. The number of nitroso groups, excluding NO2 is 1. The molecule has 0 radical (unpaired) electrons. The summed E-state index contributed by atoms with van der Waals surface area (Å²) < 4.78 is 0. The minimum atomic E-state index is -0.441. The van der Waals surface area contributed by atoms with Gasteiger partial charge in [-0.2, -0.15) is 4.91 Å². The molecule has 5 heteroatoms. The number of amides is 1. The van der Waals surface area contributed by atoms with E-state index >= 15 is 0 Å². The normalized spacial score (nSPS) is 28.6. The molecule has 0 unspecified atom stereocenters. The second-order valence-electron chi connectivity index (χ2n) is 7.06. The van der Waals surface area contributed by atoms with Crippen molar-refractivity contribution in [2.24, 2.45) is 10.6 Å². The molecule has 1 aromatic rings. The zero-order chi connectivity index (χ0) is 14.5. The first kappa shape index (κ1) is 13.2. The van der Waals surface area contributed by atoms with E-state index in [0.29, 0.717) is 25.1 Å². The van der Waals surface area contributed by atoms with E-state index in [1.807, 2.05) is 6.20 Å². The molecule has 3 rings (SSSR count). The van der Waals surface area contributed by atoms with Crippen LogP contribution in [0.25, 0.3) is 0 Å². The summed E-state index contributed by atoms with van der Waals surface area (Å²) >= 11 is 0. The molecule has 20 heavy (non-hydrogen) atoms. The Morgan fingerprint density at radius 2 is 2.10 bits per heavy atom. The lowest BCUT2D eigenvalue weighted by Gasteiger charge is -2.45. The van der Waals surface area contributed by atoms with Crippen LogP contribution in [-0.2, 0) is 16.6 Å². The van der Waals surface area contributed by atoms with Crippen LogP contribution in [0, 0.1) is 10.3 Å². The standard InChI is InChI=1S/C15H19N3O2/c1-14(2,3)10-4-9-5-15(6-11(7-15)18-20)13(19)17-12(9)16-8-10/h4,8,11H,5-7H2,1-3H3,(H,16,17,19). The molecule has 1 aliphatic heterocycles. The molecule has 1 saturated carbocycles. The van der Waals surface area contributed by atoms with Crippen LogP contribution in [0.15, 0.2) is 17.4 Å². The number of nitrogens with zero attached hydrogens (tertiary/aromatic N) is 2. The molecule has 2 heterocycles. The highest BCUT2D eigenvalue weighted by Gasteiger charge is 2.53. The summed E-state index contributed by atoms with van der Waals surface area (Å²) in [6.45, 7) is 6.43. The van der Waals surface area contributed by atoms with Crippen LogP contribution in [0.1, 0.15) is 44.7 Å². The van der Waals surface area contributed by atoms with Gasteiger partial charge in [0, 0.05) is 6.20 Å². The van der Waals surface area contributed by atoms with E-state index in [1.54, 1.807) is 0 Å². The number of nitrogens with one attached hydrogen (secondary N) is 1. The molecule has 1 amide bonds. The fraction of sp³-hybridized carbons (Fsp3) is 0.600. The molecule has 1 aromatic heterocycles. The van der Waals surface area contributed by atoms with Crippen LogP contribution in [0.3, 0.4) is 0 Å². The van der Waals surface area contributed by atoms with Gasteiger partial charge in [0.05, 0.1) is 11.5 Å². The van der Waals surface area contributed by atoms with Gasteiger partial charge in [0.1, 0.15) is 5.82 Å². The molecule has 1 fully saturated rings. The number of pyridine rings is 1. The second kappa shape index (κ2) is 4.11. The zero-order valence-electron chi connectivity index (χ0n) is 12.1. The third kappa shape index (κ3) is 1.92. The fourth-order valence-electron chi connectivity index (χ4n) is 3.10. The Labute approximate surface area is 118 Å². The molecule has 5 nitrogen and oxygen atoms in total. The molecule has 0 aromatic carbocycles. The molecule has 1 spiro atoms. The lowest BCUT2D eigenvalue weighted by molar-refractivity contribution is -0.131. The Kier molecular flexibility index (Phi) is 2.71. The Balaban J connectivity index is 1.93. The molecule has 106 valence electrons. The topological polar surface area (TPSA) is 71.4 Å². The van der Waals surface area contributed by atoms with Crippen molar-refractivity contribution in [3.63, 3.8) is 0 Å². The maximum atomic E-state index is 12.2. The first-order valence-electron chi connectivity index (χ1n) is 6.97. The number of aromatic nitrogens is 1. The highest BCUT2D eigenvalue weighted by Crippen LogP contribution is 2.49. The maximum absolute atomic E-state index is 12.2. The van der Waals surface area contributed by atoms with Crippen molar-refractivity contribution in [1.82, 2.24) is 4.98 Å². The number of carbonyl (C=O) groups excluding carboxylic acids is 1. The molecule has 0 bridgehead atoms. The highest BCUT2D eigenvalue weighted by atomic mass is 16.3. The van der Waals surface area contributed by atoms with E-state index in [4.69, 9.17) is 0 Å².